The third-order valence-electron chi connectivity index (χ3n) is 12.2. The maximum Gasteiger partial charge on any atom is 0.331 e. The molecule has 19 heteroatoms. The molecule has 1 saturated heterocycles. The van der Waals surface area contributed by atoms with Gasteiger partial charge in [-0.2, -0.15) is 4.68 Å². The van der Waals surface area contributed by atoms with Crippen molar-refractivity contribution in [3.05, 3.63) is 120 Å². The van der Waals surface area contributed by atoms with Gasteiger partial charge in [0.15, 0.2) is 11.0 Å². The van der Waals surface area contributed by atoms with Gasteiger partial charge in [-0.15, -0.1) is 5.10 Å². The number of anilines is 2. The largest absolute Gasteiger partial charge is 0.390 e. The first-order chi connectivity index (χ1) is 32.7. The number of aromatic nitrogens is 8. The Morgan fingerprint density at radius 3 is 2.12 bits per heavy atom. The minimum atomic E-state index is -0.734. The topological polar surface area (TPSA) is 198 Å². The first-order valence-corrected chi connectivity index (χ1v) is 23.1. The van der Waals surface area contributed by atoms with Gasteiger partial charge in [-0.25, -0.2) is 23.1 Å². The van der Waals surface area contributed by atoms with Crippen molar-refractivity contribution in [1.29, 1.82) is 0 Å². The lowest BCUT2D eigenvalue weighted by atomic mass is 9.90. The Bertz CT molecular complexity index is 2530. The van der Waals surface area contributed by atoms with E-state index < -0.39 is 18.2 Å². The molecule has 0 unspecified atom stereocenters. The summed E-state index contributed by atoms with van der Waals surface area (Å²) in [6.45, 7) is 10.2. The SMILES string of the molecule is C[C@@H](CN1CCC[C@@H](Cc2ccc(F)cc2)C1)[C@@H](C)NC(=O)Nc1cccc(-c2nn[nH][n+]2C)c1.C[C@@H](NC(=O)Nc1cccc(-c2nnnn2C)c1)[C@@H](O)CN(C)CCCc1ccc(F)cc1.[HH].[HH].[HH].[HH].[HH]. The summed E-state index contributed by atoms with van der Waals surface area (Å²) in [5.74, 6) is 1.73. The van der Waals surface area contributed by atoms with Crippen molar-refractivity contribution in [3.63, 3.8) is 0 Å². The third kappa shape index (κ3) is 15.7. The standard InChI is InChI=1S/C26H34FN7O.C23H30FN7O2.5H2/c1-18(16-34-13-5-6-21(17-34)14-20-9-11-23(27)12-10-20)19(2)28-26(35)29-24-8-4-7-22(15-24)25-30-31-32-33(25)3;1-16(21(32)15-30(2)13-5-6-17-9-11-19(24)12-10-17)25-23(33)26-20-8-4-7-18(14-20)22-27-28-29-31(22)3;;;;;/h4,7-12,15,18-19,21H,5-6,13-14,16-17H2,1-3H3,(H2,28,29,35);4,7-12,14,16,21,32H,5-6,13,15H2,1-3H3,(H2,25,26,33);5*1H/p+1/t18-,19+,21-;16-,21+;;;;;/m01...../s1. The molecule has 1 aliphatic rings. The molecule has 17 nitrogen and oxygen atoms in total. The van der Waals surface area contributed by atoms with Crippen molar-refractivity contribution >= 4 is 23.4 Å². The number of H-pyrrole nitrogens is 1. The van der Waals surface area contributed by atoms with Gasteiger partial charge in [-0.05, 0) is 154 Å². The zero-order chi connectivity index (χ0) is 48.6. The number of nitrogens with zero attached hydrogens (tertiary/aromatic N) is 9. The number of urea groups is 2. The summed E-state index contributed by atoms with van der Waals surface area (Å²) in [4.78, 5) is 29.6. The number of hydrogen-bond acceptors (Lipinski definition) is 10. The highest BCUT2D eigenvalue weighted by molar-refractivity contribution is 5.90. The van der Waals surface area contributed by atoms with E-state index in [-0.39, 0.29) is 30.8 Å². The van der Waals surface area contributed by atoms with Crippen LogP contribution in [-0.4, -0.2) is 121 Å². The Hall–Kier alpha value is -6.70. The van der Waals surface area contributed by atoms with Crippen LogP contribution in [0.2, 0.25) is 0 Å². The number of nitrogens with one attached hydrogen (secondary N) is 5. The molecule has 68 heavy (non-hydrogen) atoms. The highest BCUT2D eigenvalue weighted by atomic mass is 19.1. The first-order valence-electron chi connectivity index (χ1n) is 23.1. The van der Waals surface area contributed by atoms with Crippen LogP contribution >= 0.6 is 0 Å². The summed E-state index contributed by atoms with van der Waals surface area (Å²) in [6, 6.07) is 27.0. The number of carbonyl (C=O) groups excluding carboxylic acids is 2. The van der Waals surface area contributed by atoms with E-state index in [1.54, 1.807) is 65.8 Å². The van der Waals surface area contributed by atoms with Gasteiger partial charge >= 0.3 is 17.9 Å². The second-order valence-electron chi connectivity index (χ2n) is 17.9. The predicted molar refractivity (Wildman–Crippen MR) is 268 cm³/mol. The van der Waals surface area contributed by atoms with Crippen molar-refractivity contribution in [2.24, 2.45) is 25.9 Å². The zero-order valence-corrected chi connectivity index (χ0v) is 39.7. The van der Waals surface area contributed by atoms with Crippen molar-refractivity contribution in [2.75, 3.05) is 50.4 Å². The molecule has 6 aromatic rings. The van der Waals surface area contributed by atoms with E-state index >= 15 is 0 Å². The Morgan fingerprint density at radius 2 is 1.50 bits per heavy atom. The second kappa shape index (κ2) is 24.9. The second-order valence-corrected chi connectivity index (χ2v) is 17.9. The smallest absolute Gasteiger partial charge is 0.331 e. The monoisotopic (exact) mass is 946 g/mol. The molecule has 5 atom stereocenters. The molecule has 7 rings (SSSR count). The first kappa shape index (κ1) is 50.7. The molecule has 3 heterocycles. The van der Waals surface area contributed by atoms with E-state index in [1.807, 2.05) is 61.5 Å². The fraction of sp³-hybridized carbons (Fsp3) is 0.429. The van der Waals surface area contributed by atoms with E-state index in [9.17, 15) is 23.5 Å². The lowest BCUT2D eigenvalue weighted by Gasteiger charge is -2.35. The number of likely N-dealkylation sites (tertiary alicyclic amines) is 1. The number of benzene rings is 4. The number of tetrazole rings is 2. The van der Waals surface area contributed by atoms with Gasteiger partial charge in [0.05, 0.1) is 24.8 Å². The Balaban J connectivity index is 0.000000684. The molecule has 1 aliphatic heterocycles. The van der Waals surface area contributed by atoms with Crippen LogP contribution in [0.25, 0.3) is 22.8 Å². The van der Waals surface area contributed by atoms with Crippen molar-refractivity contribution in [1.82, 2.24) is 56.2 Å². The summed E-state index contributed by atoms with van der Waals surface area (Å²) in [6.07, 6.45) is 4.33. The number of amides is 4. The fourth-order valence-corrected chi connectivity index (χ4v) is 8.21. The molecule has 372 valence electrons. The van der Waals surface area contributed by atoms with Gasteiger partial charge < -0.3 is 36.2 Å². The summed E-state index contributed by atoms with van der Waals surface area (Å²) in [7, 11) is 5.50. The number of carbonyl (C=O) groups is 2. The van der Waals surface area contributed by atoms with E-state index in [1.165, 1.54) is 30.5 Å². The Kier molecular flexibility index (Phi) is 18.6. The van der Waals surface area contributed by atoms with Crippen LogP contribution in [0.3, 0.4) is 0 Å². The fourth-order valence-electron chi connectivity index (χ4n) is 8.21. The lowest BCUT2D eigenvalue weighted by molar-refractivity contribution is -0.721. The Labute approximate surface area is 404 Å². The van der Waals surface area contributed by atoms with Crippen LogP contribution < -0.4 is 25.9 Å². The summed E-state index contributed by atoms with van der Waals surface area (Å²) < 4.78 is 29.4. The maximum atomic E-state index is 13.2. The van der Waals surface area contributed by atoms with Crippen LogP contribution in [0, 0.1) is 23.5 Å². The average molecular weight is 946 g/mol. The molecule has 4 amide bonds. The predicted octanol–water partition coefficient (Wildman–Crippen LogP) is 7.22. The van der Waals surface area contributed by atoms with Gasteiger partial charge in [0.2, 0.25) is 0 Å². The average Bonchev–Trinajstić information content (AvgIpc) is 3.95. The molecule has 1 fully saturated rings. The number of aryl methyl sites for hydroxylation is 3. The molecular formula is C49H75F2N14O3+. The molecule has 0 bridgehead atoms. The minimum Gasteiger partial charge on any atom is -0.390 e. The summed E-state index contributed by atoms with van der Waals surface area (Å²) >= 11 is 0. The van der Waals surface area contributed by atoms with Gasteiger partial charge in [0.1, 0.15) is 16.7 Å². The summed E-state index contributed by atoms with van der Waals surface area (Å²) in [5, 5.41) is 44.1. The number of rotatable bonds is 18. The molecule has 2 aromatic heterocycles. The van der Waals surface area contributed by atoms with E-state index in [0.29, 0.717) is 41.4 Å². The van der Waals surface area contributed by atoms with Crippen LogP contribution in [0.4, 0.5) is 29.7 Å². The van der Waals surface area contributed by atoms with Crippen LogP contribution in [0.1, 0.15) is 58.3 Å². The van der Waals surface area contributed by atoms with Gasteiger partial charge in [0.25, 0.3) is 0 Å². The lowest BCUT2D eigenvalue weighted by Crippen LogP contribution is -2.47. The molecule has 0 aliphatic carbocycles. The molecule has 0 spiro atoms. The van der Waals surface area contributed by atoms with Gasteiger partial charge in [0, 0.05) is 56.8 Å². The maximum absolute atomic E-state index is 13.2. The number of piperidine rings is 1. The number of aliphatic hydroxyl groups is 1. The minimum absolute atomic E-state index is 0. The van der Waals surface area contributed by atoms with Crippen LogP contribution in [0.5, 0.6) is 0 Å². The number of hydrogen-bond donors (Lipinski definition) is 6. The normalized spacial score (nSPS) is 15.6. The van der Waals surface area contributed by atoms with Crippen molar-refractivity contribution in [3.8, 4) is 22.8 Å². The van der Waals surface area contributed by atoms with Gasteiger partial charge in [-0.3, -0.25) is 0 Å². The molecule has 4 aromatic carbocycles. The third-order valence-corrected chi connectivity index (χ3v) is 12.2. The number of halogens is 2. The van der Waals surface area contributed by atoms with Crippen molar-refractivity contribution < 1.29 is 35.3 Å². The Morgan fingerprint density at radius 1 is 0.882 bits per heavy atom. The summed E-state index contributed by atoms with van der Waals surface area (Å²) in [5.41, 5.74) is 5.20. The van der Waals surface area contributed by atoms with E-state index in [0.717, 1.165) is 62.1 Å². The quantitative estimate of drug-likeness (QED) is 0.0479. The highest BCUT2D eigenvalue weighted by Crippen LogP contribution is 2.24. The molecular weight excluding hydrogens is 871 g/mol. The molecule has 0 radical (unpaired) electrons. The van der Waals surface area contributed by atoms with Crippen molar-refractivity contribution in [2.45, 2.75) is 71.1 Å². The van der Waals surface area contributed by atoms with Crippen LogP contribution in [0.15, 0.2) is 97.1 Å². The number of likely N-dealkylation sites (N-methyl/N-ethyl adjacent to an activating group) is 1. The number of aromatic amines is 1. The zero-order valence-electron chi connectivity index (χ0n) is 39.7. The molecule has 0 saturated carbocycles. The number of aliphatic hydroxyl groups excluding tert-OH is 1. The van der Waals surface area contributed by atoms with Crippen LogP contribution in [-0.2, 0) is 26.9 Å². The van der Waals surface area contributed by atoms with Gasteiger partial charge in [-0.1, -0.05) is 54.6 Å². The van der Waals surface area contributed by atoms with E-state index in [2.05, 4.69) is 71.1 Å². The highest BCUT2D eigenvalue weighted by Gasteiger charge is 2.25. The molecule has 6 N–H and O–H groups in total. The van der Waals surface area contributed by atoms with E-state index in [4.69, 9.17) is 0 Å².